The predicted octanol–water partition coefficient (Wildman–Crippen LogP) is 5.69. The predicted molar refractivity (Wildman–Crippen MR) is 166 cm³/mol. The van der Waals surface area contributed by atoms with Gasteiger partial charge in [0.2, 0.25) is 0 Å². The van der Waals surface area contributed by atoms with E-state index in [0.717, 1.165) is 43.1 Å². The zero-order valence-electron chi connectivity index (χ0n) is 23.1. The highest BCUT2D eigenvalue weighted by atomic mass is 16.2. The fraction of sp³-hybridized carbons (Fsp3) is 0.176. The third kappa shape index (κ3) is 6.00. The number of ketones is 1. The quantitative estimate of drug-likeness (QED) is 0.196. The summed E-state index contributed by atoms with van der Waals surface area (Å²) in [6.07, 6.45) is 1.73. The number of fused-ring (bicyclic) bond motifs is 1. The summed E-state index contributed by atoms with van der Waals surface area (Å²) in [7, 11) is 2.15. The van der Waals surface area contributed by atoms with Crippen LogP contribution in [-0.2, 0) is 11.3 Å². The first kappa shape index (κ1) is 26.3. The Balaban J connectivity index is 1.13. The molecule has 7 heteroatoms. The first-order valence-electron chi connectivity index (χ1n) is 13.9. The Bertz CT molecular complexity index is 1590. The van der Waals surface area contributed by atoms with Gasteiger partial charge in [-0.25, -0.2) is 0 Å². The maximum absolute atomic E-state index is 13.3. The third-order valence-corrected chi connectivity index (χ3v) is 7.65. The Morgan fingerprint density at radius 2 is 1.59 bits per heavy atom. The summed E-state index contributed by atoms with van der Waals surface area (Å²) >= 11 is 0. The van der Waals surface area contributed by atoms with Crippen LogP contribution in [0.2, 0.25) is 0 Å². The van der Waals surface area contributed by atoms with E-state index in [1.165, 1.54) is 11.3 Å². The number of amides is 1. The van der Waals surface area contributed by atoms with Gasteiger partial charge in [0.25, 0.3) is 5.91 Å². The molecule has 2 aliphatic rings. The highest BCUT2D eigenvalue weighted by molar-refractivity contribution is 6.32. The summed E-state index contributed by atoms with van der Waals surface area (Å²) in [6.45, 7) is 4.84. The van der Waals surface area contributed by atoms with Crippen LogP contribution >= 0.6 is 0 Å². The smallest absolute Gasteiger partial charge is 0.257 e. The van der Waals surface area contributed by atoms with Crippen LogP contribution in [0.4, 0.5) is 22.7 Å². The van der Waals surface area contributed by atoms with Crippen LogP contribution < -0.4 is 20.9 Å². The van der Waals surface area contributed by atoms with Crippen LogP contribution in [0.3, 0.4) is 0 Å². The van der Waals surface area contributed by atoms with Crippen LogP contribution in [-0.4, -0.2) is 49.8 Å². The lowest BCUT2D eigenvalue weighted by Crippen LogP contribution is -2.44. The molecule has 41 heavy (non-hydrogen) atoms. The lowest BCUT2D eigenvalue weighted by molar-refractivity contribution is -0.110. The van der Waals surface area contributed by atoms with Gasteiger partial charge in [0, 0.05) is 78.4 Å². The summed E-state index contributed by atoms with van der Waals surface area (Å²) in [5, 5.41) is 9.56. The lowest BCUT2D eigenvalue weighted by Gasteiger charge is -2.34. The monoisotopic (exact) mass is 543 g/mol. The molecule has 0 unspecified atom stereocenters. The fourth-order valence-electron chi connectivity index (χ4n) is 5.20. The molecule has 0 spiro atoms. The maximum Gasteiger partial charge on any atom is 0.257 e. The van der Waals surface area contributed by atoms with Gasteiger partial charge in [-0.2, -0.15) is 0 Å². The van der Waals surface area contributed by atoms with Crippen molar-refractivity contribution in [2.24, 2.45) is 0 Å². The van der Waals surface area contributed by atoms with E-state index < -0.39 is 0 Å². The van der Waals surface area contributed by atoms with Crippen molar-refractivity contribution in [2.45, 2.75) is 6.54 Å². The second-order valence-corrected chi connectivity index (χ2v) is 10.5. The van der Waals surface area contributed by atoms with Gasteiger partial charge in [-0.15, -0.1) is 0 Å². The number of nitrogens with one attached hydrogen (secondary N) is 3. The van der Waals surface area contributed by atoms with E-state index in [0.29, 0.717) is 28.9 Å². The zero-order chi connectivity index (χ0) is 28.2. The molecule has 0 aromatic heterocycles. The van der Waals surface area contributed by atoms with Gasteiger partial charge in [0.05, 0.1) is 5.57 Å². The topological polar surface area (TPSA) is 76.7 Å². The van der Waals surface area contributed by atoms with E-state index in [9.17, 15) is 9.59 Å². The summed E-state index contributed by atoms with van der Waals surface area (Å²) in [4.78, 5) is 30.9. The first-order valence-corrected chi connectivity index (χ1v) is 13.9. The molecule has 0 atom stereocenters. The number of anilines is 4. The van der Waals surface area contributed by atoms with Crippen LogP contribution in [0.5, 0.6) is 0 Å². The molecule has 4 aromatic carbocycles. The van der Waals surface area contributed by atoms with Crippen molar-refractivity contribution in [2.75, 3.05) is 54.1 Å². The first-order chi connectivity index (χ1) is 20.0. The molecule has 0 bridgehead atoms. The number of carbonyl (C=O) groups excluding carboxylic acids is 2. The molecule has 4 aromatic rings. The van der Waals surface area contributed by atoms with Crippen molar-refractivity contribution < 1.29 is 9.59 Å². The Morgan fingerprint density at radius 3 is 2.37 bits per heavy atom. The molecule has 6 rings (SSSR count). The Labute approximate surface area is 240 Å². The van der Waals surface area contributed by atoms with Gasteiger partial charge in [0.1, 0.15) is 0 Å². The van der Waals surface area contributed by atoms with Crippen molar-refractivity contribution in [1.82, 2.24) is 4.90 Å². The Morgan fingerprint density at radius 1 is 0.829 bits per heavy atom. The molecule has 1 fully saturated rings. The van der Waals surface area contributed by atoms with Gasteiger partial charge in [-0.3, -0.25) is 9.59 Å². The van der Waals surface area contributed by atoms with Crippen LogP contribution in [0, 0.1) is 0 Å². The van der Waals surface area contributed by atoms with Gasteiger partial charge in [-0.1, -0.05) is 54.6 Å². The number of piperazine rings is 1. The average Bonchev–Trinajstić information content (AvgIpc) is 3.33. The third-order valence-electron chi connectivity index (χ3n) is 7.65. The number of likely N-dealkylation sites (N-methyl/N-ethyl adjacent to an activating group) is 1. The van der Waals surface area contributed by atoms with Crippen LogP contribution in [0.25, 0.3) is 5.57 Å². The molecule has 0 saturated carbocycles. The molecule has 2 heterocycles. The Kier molecular flexibility index (Phi) is 7.52. The molecule has 3 N–H and O–H groups in total. The molecule has 1 saturated heterocycles. The summed E-state index contributed by atoms with van der Waals surface area (Å²) in [5.74, 6) is -0.292. The molecule has 2 aliphatic heterocycles. The van der Waals surface area contributed by atoms with E-state index >= 15 is 0 Å². The number of hydrogen-bond acceptors (Lipinski definition) is 6. The van der Waals surface area contributed by atoms with Crippen molar-refractivity contribution >= 4 is 40.0 Å². The summed E-state index contributed by atoms with van der Waals surface area (Å²) < 4.78 is 0. The molecular weight excluding hydrogens is 510 g/mol. The molecule has 7 nitrogen and oxygen atoms in total. The lowest BCUT2D eigenvalue weighted by atomic mass is 9.99. The van der Waals surface area contributed by atoms with Gasteiger partial charge in [-0.05, 0) is 55.1 Å². The van der Waals surface area contributed by atoms with E-state index in [2.05, 4.69) is 57.1 Å². The normalized spacial score (nSPS) is 15.9. The Hall–Kier alpha value is -4.88. The maximum atomic E-state index is 13.3. The van der Waals surface area contributed by atoms with E-state index in [-0.39, 0.29) is 11.7 Å². The van der Waals surface area contributed by atoms with Crippen LogP contribution in [0.1, 0.15) is 27.0 Å². The van der Waals surface area contributed by atoms with Crippen LogP contribution in [0.15, 0.2) is 103 Å². The van der Waals surface area contributed by atoms with Crippen molar-refractivity contribution in [3.8, 4) is 0 Å². The minimum Gasteiger partial charge on any atom is -0.381 e. The van der Waals surface area contributed by atoms with E-state index in [4.69, 9.17) is 0 Å². The fourth-order valence-corrected chi connectivity index (χ4v) is 5.20. The largest absolute Gasteiger partial charge is 0.381 e. The molecule has 0 aliphatic carbocycles. The molecular formula is C34H33N5O2. The minimum absolute atomic E-state index is 0.0959. The van der Waals surface area contributed by atoms with Gasteiger partial charge < -0.3 is 25.8 Å². The highest BCUT2D eigenvalue weighted by Crippen LogP contribution is 2.33. The number of benzene rings is 4. The number of hydrogen-bond donors (Lipinski definition) is 3. The van der Waals surface area contributed by atoms with E-state index in [1.807, 2.05) is 60.7 Å². The second kappa shape index (κ2) is 11.7. The number of nitrogens with zero attached hydrogens (tertiary/aromatic N) is 2. The minimum atomic E-state index is -0.196. The summed E-state index contributed by atoms with van der Waals surface area (Å²) in [5.41, 5.74) is 7.21. The van der Waals surface area contributed by atoms with Crippen molar-refractivity contribution in [1.29, 1.82) is 0 Å². The summed E-state index contributed by atoms with van der Waals surface area (Å²) in [6, 6.07) is 31.3. The standard InChI is InChI=1S/C34H33N5O2/c1-38-16-18-39(19-17-38)29-13-11-27(12-14-29)36-23-31-30-15-10-26(21-32(30)37-34(31)41)33(40)25-8-5-9-28(20-25)35-22-24-6-3-2-4-7-24/h2-15,20-21,23,35-36H,16-19,22H2,1H3,(H,37,41)/b31-23-. The number of rotatable bonds is 8. The van der Waals surface area contributed by atoms with E-state index in [1.54, 1.807) is 18.3 Å². The molecule has 206 valence electrons. The zero-order valence-corrected chi connectivity index (χ0v) is 23.1. The highest BCUT2D eigenvalue weighted by Gasteiger charge is 2.25. The SMILES string of the molecule is CN1CCN(c2ccc(N/C=C3\C(=O)Nc4cc(C(=O)c5cccc(NCc6ccccc6)c5)ccc43)cc2)CC1. The van der Waals surface area contributed by atoms with Gasteiger partial charge in [0.15, 0.2) is 5.78 Å². The average molecular weight is 544 g/mol. The van der Waals surface area contributed by atoms with Crippen molar-refractivity contribution in [3.05, 3.63) is 126 Å². The molecule has 0 radical (unpaired) electrons. The van der Waals surface area contributed by atoms with Gasteiger partial charge >= 0.3 is 0 Å². The number of carbonyl (C=O) groups is 2. The second-order valence-electron chi connectivity index (χ2n) is 10.5. The molecule has 1 amide bonds. The van der Waals surface area contributed by atoms with Crippen molar-refractivity contribution in [3.63, 3.8) is 0 Å².